The standard InChI is InChI=1S/C20H26N2O3/c1-15-8-9-19(25-15)16-5-4-6-17(13-16)20(24)21-10-12-22-11-3-2-7-18(22)14-23/h4-6,8-9,13,18,23H,2-3,7,10-12,14H2,1H3,(H,21,24). The zero-order valence-corrected chi connectivity index (χ0v) is 14.7. The number of piperidine rings is 1. The SMILES string of the molecule is Cc1ccc(-c2cccc(C(=O)NCCN3CCCCC3CO)c2)o1. The van der Waals surface area contributed by atoms with Gasteiger partial charge in [0.1, 0.15) is 11.5 Å². The summed E-state index contributed by atoms with van der Waals surface area (Å²) in [5, 5.41) is 12.4. The predicted octanol–water partition coefficient (Wildman–Crippen LogP) is 2.83. The Morgan fingerprint density at radius 2 is 2.20 bits per heavy atom. The van der Waals surface area contributed by atoms with Gasteiger partial charge in [0.15, 0.2) is 0 Å². The number of rotatable bonds is 6. The summed E-state index contributed by atoms with van der Waals surface area (Å²) in [7, 11) is 0. The van der Waals surface area contributed by atoms with E-state index in [-0.39, 0.29) is 18.6 Å². The summed E-state index contributed by atoms with van der Waals surface area (Å²) in [5.74, 6) is 1.54. The summed E-state index contributed by atoms with van der Waals surface area (Å²) < 4.78 is 5.63. The lowest BCUT2D eigenvalue weighted by Crippen LogP contribution is -2.45. The minimum atomic E-state index is -0.0808. The molecule has 1 amide bonds. The number of carbonyl (C=O) groups excluding carboxylic acids is 1. The van der Waals surface area contributed by atoms with Gasteiger partial charge in [-0.3, -0.25) is 9.69 Å². The second kappa shape index (κ2) is 8.32. The summed E-state index contributed by atoms with van der Waals surface area (Å²) in [6, 6.07) is 11.5. The number of hydrogen-bond donors (Lipinski definition) is 2. The number of furan rings is 1. The Morgan fingerprint density at radius 1 is 1.32 bits per heavy atom. The number of nitrogens with one attached hydrogen (secondary N) is 1. The second-order valence-corrected chi connectivity index (χ2v) is 6.62. The van der Waals surface area contributed by atoms with Crippen molar-refractivity contribution in [2.45, 2.75) is 32.2 Å². The van der Waals surface area contributed by atoms with E-state index < -0.39 is 0 Å². The van der Waals surface area contributed by atoms with Crippen LogP contribution in [0.4, 0.5) is 0 Å². The van der Waals surface area contributed by atoms with E-state index in [4.69, 9.17) is 4.42 Å². The van der Waals surface area contributed by atoms with Crippen molar-refractivity contribution in [3.8, 4) is 11.3 Å². The molecule has 1 aromatic heterocycles. The van der Waals surface area contributed by atoms with Crippen LogP contribution in [-0.2, 0) is 0 Å². The maximum Gasteiger partial charge on any atom is 0.251 e. The fourth-order valence-electron chi connectivity index (χ4n) is 3.38. The maximum absolute atomic E-state index is 12.4. The molecule has 1 fully saturated rings. The molecule has 1 aliphatic heterocycles. The number of likely N-dealkylation sites (tertiary alicyclic amines) is 1. The Bertz CT molecular complexity index is 710. The molecule has 0 bridgehead atoms. The molecule has 0 aliphatic carbocycles. The molecular weight excluding hydrogens is 316 g/mol. The molecule has 1 aromatic carbocycles. The third-order valence-electron chi connectivity index (χ3n) is 4.79. The van der Waals surface area contributed by atoms with Crippen LogP contribution >= 0.6 is 0 Å². The van der Waals surface area contributed by atoms with Gasteiger partial charge in [-0.25, -0.2) is 0 Å². The van der Waals surface area contributed by atoms with Crippen molar-refractivity contribution < 1.29 is 14.3 Å². The lowest BCUT2D eigenvalue weighted by Gasteiger charge is -2.34. The minimum absolute atomic E-state index is 0.0808. The molecule has 5 heteroatoms. The minimum Gasteiger partial charge on any atom is -0.461 e. The normalized spacial score (nSPS) is 18.2. The number of nitrogens with zero attached hydrogens (tertiary/aromatic N) is 1. The molecule has 1 unspecified atom stereocenters. The van der Waals surface area contributed by atoms with E-state index in [2.05, 4.69) is 10.2 Å². The van der Waals surface area contributed by atoms with Crippen LogP contribution in [0.25, 0.3) is 11.3 Å². The predicted molar refractivity (Wildman–Crippen MR) is 97.5 cm³/mol. The molecule has 25 heavy (non-hydrogen) atoms. The number of aliphatic hydroxyl groups is 1. The number of hydrogen-bond acceptors (Lipinski definition) is 4. The van der Waals surface area contributed by atoms with Gasteiger partial charge in [0, 0.05) is 30.3 Å². The van der Waals surface area contributed by atoms with Crippen LogP contribution in [0.2, 0.25) is 0 Å². The lowest BCUT2D eigenvalue weighted by molar-refractivity contribution is 0.0849. The summed E-state index contributed by atoms with van der Waals surface area (Å²) in [5.41, 5.74) is 1.53. The quantitative estimate of drug-likeness (QED) is 0.847. The van der Waals surface area contributed by atoms with E-state index in [1.807, 2.05) is 43.3 Å². The van der Waals surface area contributed by atoms with Gasteiger partial charge >= 0.3 is 0 Å². The average Bonchev–Trinajstić information content (AvgIpc) is 3.08. The zero-order chi connectivity index (χ0) is 17.6. The fraction of sp³-hybridized carbons (Fsp3) is 0.450. The summed E-state index contributed by atoms with van der Waals surface area (Å²) in [4.78, 5) is 14.7. The van der Waals surface area contributed by atoms with E-state index >= 15 is 0 Å². The molecule has 0 spiro atoms. The Labute approximate surface area is 148 Å². The number of carbonyl (C=O) groups is 1. The van der Waals surface area contributed by atoms with Crippen molar-refractivity contribution in [1.29, 1.82) is 0 Å². The van der Waals surface area contributed by atoms with Gasteiger partial charge in [-0.15, -0.1) is 0 Å². The summed E-state index contributed by atoms with van der Waals surface area (Å²) in [6.07, 6.45) is 3.37. The Morgan fingerprint density at radius 3 is 2.96 bits per heavy atom. The Kier molecular flexibility index (Phi) is 5.89. The van der Waals surface area contributed by atoms with Gasteiger partial charge in [-0.1, -0.05) is 18.6 Å². The third-order valence-corrected chi connectivity index (χ3v) is 4.79. The number of benzene rings is 1. The van der Waals surface area contributed by atoms with Crippen LogP contribution in [0, 0.1) is 6.92 Å². The molecule has 2 aromatic rings. The average molecular weight is 342 g/mol. The van der Waals surface area contributed by atoms with E-state index in [1.54, 1.807) is 0 Å². The van der Waals surface area contributed by atoms with E-state index in [0.29, 0.717) is 12.1 Å². The number of aryl methyl sites for hydroxylation is 1. The highest BCUT2D eigenvalue weighted by Crippen LogP contribution is 2.22. The monoisotopic (exact) mass is 342 g/mol. The molecule has 2 heterocycles. The van der Waals surface area contributed by atoms with Gasteiger partial charge in [0.25, 0.3) is 5.91 Å². The zero-order valence-electron chi connectivity index (χ0n) is 14.7. The highest BCUT2D eigenvalue weighted by molar-refractivity contribution is 5.95. The van der Waals surface area contributed by atoms with Crippen molar-refractivity contribution in [3.63, 3.8) is 0 Å². The first-order valence-electron chi connectivity index (χ1n) is 8.97. The first-order valence-corrected chi connectivity index (χ1v) is 8.97. The highest BCUT2D eigenvalue weighted by Gasteiger charge is 2.21. The van der Waals surface area contributed by atoms with Gasteiger partial charge < -0.3 is 14.8 Å². The summed E-state index contributed by atoms with van der Waals surface area (Å²) in [6.45, 7) is 4.45. The van der Waals surface area contributed by atoms with Crippen LogP contribution in [0.5, 0.6) is 0 Å². The van der Waals surface area contributed by atoms with Crippen molar-refractivity contribution in [3.05, 3.63) is 47.7 Å². The van der Waals surface area contributed by atoms with Crippen molar-refractivity contribution in [1.82, 2.24) is 10.2 Å². The third kappa shape index (κ3) is 4.50. The van der Waals surface area contributed by atoms with Crippen molar-refractivity contribution >= 4 is 5.91 Å². The topological polar surface area (TPSA) is 65.7 Å². The largest absolute Gasteiger partial charge is 0.461 e. The van der Waals surface area contributed by atoms with Crippen molar-refractivity contribution in [2.24, 2.45) is 0 Å². The van der Waals surface area contributed by atoms with Gasteiger partial charge in [0.2, 0.25) is 0 Å². The van der Waals surface area contributed by atoms with Crippen LogP contribution in [0.1, 0.15) is 35.4 Å². The van der Waals surface area contributed by atoms with Crippen LogP contribution < -0.4 is 5.32 Å². The summed E-state index contributed by atoms with van der Waals surface area (Å²) >= 11 is 0. The Balaban J connectivity index is 1.56. The van der Waals surface area contributed by atoms with E-state index in [1.165, 1.54) is 6.42 Å². The molecule has 1 aliphatic rings. The van der Waals surface area contributed by atoms with Crippen molar-refractivity contribution in [2.75, 3.05) is 26.2 Å². The lowest BCUT2D eigenvalue weighted by atomic mass is 10.0. The number of amides is 1. The Hall–Kier alpha value is -2.11. The first kappa shape index (κ1) is 17.7. The molecule has 0 radical (unpaired) electrons. The maximum atomic E-state index is 12.4. The molecule has 134 valence electrons. The van der Waals surface area contributed by atoms with Gasteiger partial charge in [-0.2, -0.15) is 0 Å². The van der Waals surface area contributed by atoms with Crippen LogP contribution in [0.3, 0.4) is 0 Å². The van der Waals surface area contributed by atoms with Gasteiger partial charge in [0.05, 0.1) is 6.61 Å². The molecule has 5 nitrogen and oxygen atoms in total. The molecule has 3 rings (SSSR count). The van der Waals surface area contributed by atoms with Crippen LogP contribution in [0.15, 0.2) is 40.8 Å². The highest BCUT2D eigenvalue weighted by atomic mass is 16.3. The molecule has 1 saturated heterocycles. The van der Waals surface area contributed by atoms with E-state index in [9.17, 15) is 9.90 Å². The first-order chi connectivity index (χ1) is 12.2. The molecule has 0 saturated carbocycles. The number of aliphatic hydroxyl groups excluding tert-OH is 1. The van der Waals surface area contributed by atoms with Crippen LogP contribution in [-0.4, -0.2) is 48.2 Å². The second-order valence-electron chi connectivity index (χ2n) is 6.62. The molecular formula is C20H26N2O3. The smallest absolute Gasteiger partial charge is 0.251 e. The molecule has 2 N–H and O–H groups in total. The van der Waals surface area contributed by atoms with E-state index in [0.717, 1.165) is 43.0 Å². The molecule has 1 atom stereocenters. The van der Waals surface area contributed by atoms with Gasteiger partial charge in [-0.05, 0) is 50.6 Å². The fourth-order valence-corrected chi connectivity index (χ4v) is 3.38.